The van der Waals surface area contributed by atoms with Gasteiger partial charge in [0.15, 0.2) is 0 Å². The Morgan fingerprint density at radius 3 is 1.75 bits per heavy atom. The number of aryl methyl sites for hydroxylation is 1. The first-order chi connectivity index (χ1) is 7.18. The smallest absolute Gasteiger partial charge is 0 e. The van der Waals surface area contributed by atoms with Gasteiger partial charge in [-0.2, -0.15) is 0 Å². The van der Waals surface area contributed by atoms with Crippen LogP contribution in [0.4, 0.5) is 0 Å². The summed E-state index contributed by atoms with van der Waals surface area (Å²) in [6.07, 6.45) is 0. The first-order valence-electron chi connectivity index (χ1n) is 3.07. The van der Waals surface area contributed by atoms with Gasteiger partial charge in [0, 0.05) is 27.6 Å². The van der Waals surface area contributed by atoms with E-state index in [0.29, 0.717) is 5.76 Å². The molecular weight excluding hydrogens is 324 g/mol. The summed E-state index contributed by atoms with van der Waals surface area (Å²) in [7, 11) is 0. The SMILES string of the molecule is Cc1cc(Br)cc(=O)o1.[C-]#[O+].[C-]#[O+].[C-]#[O+].[Fe]. The minimum Gasteiger partial charge on any atom is 0 e. The van der Waals surface area contributed by atoms with E-state index in [0.717, 1.165) is 4.47 Å². The summed E-state index contributed by atoms with van der Waals surface area (Å²) in [5, 5.41) is 0. The van der Waals surface area contributed by atoms with E-state index >= 15 is 0 Å². The van der Waals surface area contributed by atoms with Crippen LogP contribution in [0, 0.1) is 26.9 Å². The van der Waals surface area contributed by atoms with Crippen molar-refractivity contribution in [1.29, 1.82) is 0 Å². The maximum absolute atomic E-state index is 10.5. The molecular formula is C9H5BrFeO5. The number of rotatable bonds is 0. The molecule has 0 saturated carbocycles. The van der Waals surface area contributed by atoms with Crippen LogP contribution < -0.4 is 5.63 Å². The Hall–Kier alpha value is -0.831. The second-order valence-corrected chi connectivity index (χ2v) is 2.62. The summed E-state index contributed by atoms with van der Waals surface area (Å²) in [6.45, 7) is 15.2. The minimum atomic E-state index is -0.318. The zero-order valence-corrected chi connectivity index (χ0v) is 10.6. The van der Waals surface area contributed by atoms with Crippen molar-refractivity contribution in [1.82, 2.24) is 0 Å². The standard InChI is InChI=1S/C6H5BrO2.3CO.Fe/c1-4-2-5(7)3-6(8)9-4;3*1-2;/h2-3H,1H3;;;;. The molecule has 1 aromatic rings. The molecule has 0 fully saturated rings. The van der Waals surface area contributed by atoms with Gasteiger partial charge in [0.2, 0.25) is 0 Å². The molecule has 0 N–H and O–H groups in total. The van der Waals surface area contributed by atoms with Crippen molar-refractivity contribution in [2.75, 3.05) is 0 Å². The van der Waals surface area contributed by atoms with Crippen molar-refractivity contribution in [2.45, 2.75) is 6.92 Å². The van der Waals surface area contributed by atoms with E-state index in [9.17, 15) is 4.79 Å². The Morgan fingerprint density at radius 2 is 1.50 bits per heavy atom. The van der Waals surface area contributed by atoms with E-state index < -0.39 is 0 Å². The molecule has 0 aliphatic heterocycles. The molecule has 1 heterocycles. The van der Waals surface area contributed by atoms with Crippen molar-refractivity contribution in [3.05, 3.63) is 52.7 Å². The molecule has 0 aromatic carbocycles. The van der Waals surface area contributed by atoms with Crippen molar-refractivity contribution in [3.8, 4) is 0 Å². The molecule has 16 heavy (non-hydrogen) atoms. The summed E-state index contributed by atoms with van der Waals surface area (Å²) in [4.78, 5) is 10.5. The summed E-state index contributed by atoms with van der Waals surface area (Å²) in [5.74, 6) is 0.620. The largest absolute Gasteiger partial charge is 0 e. The first-order valence-corrected chi connectivity index (χ1v) is 3.86. The predicted molar refractivity (Wildman–Crippen MR) is 49.2 cm³/mol. The van der Waals surface area contributed by atoms with E-state index in [1.165, 1.54) is 6.07 Å². The van der Waals surface area contributed by atoms with Gasteiger partial charge >= 0.3 is 39.5 Å². The molecule has 0 radical (unpaired) electrons. The van der Waals surface area contributed by atoms with Crippen molar-refractivity contribution < 1.29 is 35.4 Å². The molecule has 86 valence electrons. The van der Waals surface area contributed by atoms with Crippen LogP contribution in [0.3, 0.4) is 0 Å². The monoisotopic (exact) mass is 328 g/mol. The third-order valence-electron chi connectivity index (χ3n) is 0.858. The van der Waals surface area contributed by atoms with Crippen LogP contribution in [0.2, 0.25) is 0 Å². The van der Waals surface area contributed by atoms with Crippen molar-refractivity contribution in [3.63, 3.8) is 0 Å². The van der Waals surface area contributed by atoms with Crippen LogP contribution >= 0.6 is 15.9 Å². The van der Waals surface area contributed by atoms with Gasteiger partial charge in [-0.1, -0.05) is 15.9 Å². The third kappa shape index (κ3) is 15.6. The molecule has 0 amide bonds. The average Bonchev–Trinajstić information content (AvgIpc) is 2.24. The topological polar surface area (TPSA) is 89.9 Å². The van der Waals surface area contributed by atoms with E-state index in [4.69, 9.17) is 14.0 Å². The molecule has 1 rings (SSSR count). The van der Waals surface area contributed by atoms with Gasteiger partial charge in [0.1, 0.15) is 5.76 Å². The molecule has 7 heteroatoms. The van der Waals surface area contributed by atoms with Crippen LogP contribution in [-0.4, -0.2) is 0 Å². The van der Waals surface area contributed by atoms with E-state index in [1.54, 1.807) is 13.0 Å². The van der Waals surface area contributed by atoms with Crippen LogP contribution in [0.5, 0.6) is 0 Å². The molecule has 0 spiro atoms. The Labute approximate surface area is 111 Å². The predicted octanol–water partition coefficient (Wildman–Crippen LogP) is 1.60. The number of hydrogen-bond acceptors (Lipinski definition) is 2. The second-order valence-electron chi connectivity index (χ2n) is 1.71. The van der Waals surface area contributed by atoms with Gasteiger partial charge in [0.25, 0.3) is 0 Å². The number of halogens is 1. The fraction of sp³-hybridized carbons (Fsp3) is 0.111. The normalized spacial score (nSPS) is 5.75. The summed E-state index contributed by atoms with van der Waals surface area (Å²) in [6, 6.07) is 3.12. The molecule has 0 unspecified atom stereocenters. The van der Waals surface area contributed by atoms with Gasteiger partial charge in [-0.3, -0.25) is 0 Å². The molecule has 0 saturated heterocycles. The van der Waals surface area contributed by atoms with E-state index in [1.807, 2.05) is 0 Å². The Balaban J connectivity index is -0.0000000900. The van der Waals surface area contributed by atoms with Gasteiger partial charge in [-0.15, -0.1) is 0 Å². The fourth-order valence-electron chi connectivity index (χ4n) is 0.566. The van der Waals surface area contributed by atoms with Crippen molar-refractivity contribution in [2.24, 2.45) is 0 Å². The zero-order chi connectivity index (χ0) is 12.9. The maximum atomic E-state index is 10.5. The summed E-state index contributed by atoms with van der Waals surface area (Å²) < 4.78 is 27.9. The minimum absolute atomic E-state index is 0. The second kappa shape index (κ2) is 19.7. The Bertz CT molecular complexity index is 342. The van der Waals surface area contributed by atoms with Gasteiger partial charge in [0.05, 0.1) is 0 Å². The Kier molecular flexibility index (Phi) is 30.1. The van der Waals surface area contributed by atoms with Crippen LogP contribution in [0.15, 0.2) is 25.8 Å². The molecule has 0 aliphatic rings. The van der Waals surface area contributed by atoms with Crippen LogP contribution in [0.1, 0.15) is 5.76 Å². The third-order valence-corrected chi connectivity index (χ3v) is 1.32. The zero-order valence-electron chi connectivity index (χ0n) is 7.93. The van der Waals surface area contributed by atoms with E-state index in [2.05, 4.69) is 40.3 Å². The molecule has 1 aromatic heterocycles. The summed E-state index contributed by atoms with van der Waals surface area (Å²) in [5.41, 5.74) is -0.318. The molecule has 5 nitrogen and oxygen atoms in total. The van der Waals surface area contributed by atoms with E-state index in [-0.39, 0.29) is 22.7 Å². The van der Waals surface area contributed by atoms with Crippen LogP contribution in [-0.2, 0) is 31.0 Å². The van der Waals surface area contributed by atoms with Crippen molar-refractivity contribution >= 4 is 15.9 Å². The van der Waals surface area contributed by atoms with Gasteiger partial charge in [-0.05, 0) is 13.0 Å². The fourth-order valence-corrected chi connectivity index (χ4v) is 1.08. The molecule has 0 atom stereocenters. The first kappa shape index (κ1) is 24.4. The summed E-state index contributed by atoms with van der Waals surface area (Å²) >= 11 is 3.15. The molecule has 0 aliphatic carbocycles. The Morgan fingerprint density at radius 1 is 1.12 bits per heavy atom. The quantitative estimate of drug-likeness (QED) is 0.411. The average molecular weight is 329 g/mol. The molecule has 0 bridgehead atoms. The maximum Gasteiger partial charge on any atom is 0 e. The van der Waals surface area contributed by atoms with Gasteiger partial charge < -0.3 is 4.42 Å². The number of hydrogen-bond donors (Lipinski definition) is 0. The van der Waals surface area contributed by atoms with Gasteiger partial charge in [-0.25, -0.2) is 4.79 Å². The van der Waals surface area contributed by atoms with Crippen LogP contribution in [0.25, 0.3) is 0 Å².